The molecular formula is C9H16N2O. The van der Waals surface area contributed by atoms with Crippen molar-refractivity contribution in [2.24, 2.45) is 0 Å². The lowest BCUT2D eigenvalue weighted by Crippen LogP contribution is -2.39. The first-order valence-corrected chi connectivity index (χ1v) is 4.45. The number of amides is 1. The van der Waals surface area contributed by atoms with Gasteiger partial charge in [0.2, 0.25) is 5.91 Å². The molecule has 0 radical (unpaired) electrons. The van der Waals surface area contributed by atoms with Crippen LogP contribution in [0.5, 0.6) is 0 Å². The number of rotatable bonds is 3. The maximum atomic E-state index is 10.8. The lowest BCUT2D eigenvalue weighted by Gasteiger charge is -2.26. The van der Waals surface area contributed by atoms with Crippen LogP contribution < -0.4 is 5.32 Å². The maximum absolute atomic E-state index is 10.8. The molecule has 12 heavy (non-hydrogen) atoms. The van der Waals surface area contributed by atoms with Crippen LogP contribution in [0.25, 0.3) is 0 Å². The minimum Gasteiger partial charge on any atom is -0.340 e. The molecule has 1 N–H and O–H groups in total. The zero-order valence-electron chi connectivity index (χ0n) is 7.38. The third kappa shape index (κ3) is 3.05. The molecule has 1 aliphatic rings. The number of carbonyl (C=O) groups excluding carboxylic acids is 1. The number of nitrogens with zero attached hydrogens (tertiary/aromatic N) is 1. The standard InChI is InChI=1S/C9H16N2O/c1-2-9(12)10-8-11-6-4-3-5-7-11/h2H,1,3-8H2,(H,10,12). The van der Waals surface area contributed by atoms with Gasteiger partial charge in [0.05, 0.1) is 6.67 Å². The predicted octanol–water partition coefficient (Wildman–Crippen LogP) is 0.732. The highest BCUT2D eigenvalue weighted by atomic mass is 16.1. The highest BCUT2D eigenvalue weighted by molar-refractivity contribution is 5.86. The molecule has 68 valence electrons. The van der Waals surface area contributed by atoms with Crippen molar-refractivity contribution in [2.45, 2.75) is 19.3 Å². The Morgan fingerprint density at radius 1 is 1.42 bits per heavy atom. The van der Waals surface area contributed by atoms with E-state index < -0.39 is 0 Å². The fourth-order valence-corrected chi connectivity index (χ4v) is 1.38. The third-order valence-corrected chi connectivity index (χ3v) is 2.11. The van der Waals surface area contributed by atoms with Crippen molar-refractivity contribution in [3.8, 4) is 0 Å². The number of likely N-dealkylation sites (tertiary alicyclic amines) is 1. The molecule has 0 aromatic heterocycles. The fourth-order valence-electron chi connectivity index (χ4n) is 1.38. The first-order chi connectivity index (χ1) is 5.83. The van der Waals surface area contributed by atoms with Gasteiger partial charge in [-0.05, 0) is 32.0 Å². The van der Waals surface area contributed by atoms with E-state index in [4.69, 9.17) is 0 Å². The van der Waals surface area contributed by atoms with Crippen LogP contribution in [0.1, 0.15) is 19.3 Å². The maximum Gasteiger partial charge on any atom is 0.244 e. The zero-order valence-corrected chi connectivity index (χ0v) is 7.38. The summed E-state index contributed by atoms with van der Waals surface area (Å²) in [4.78, 5) is 13.1. The Labute approximate surface area is 73.4 Å². The summed E-state index contributed by atoms with van der Waals surface area (Å²) in [5.41, 5.74) is 0. The van der Waals surface area contributed by atoms with Crippen molar-refractivity contribution in [1.82, 2.24) is 10.2 Å². The minimum atomic E-state index is -0.0828. The van der Waals surface area contributed by atoms with Gasteiger partial charge < -0.3 is 5.32 Å². The molecule has 1 heterocycles. The Balaban J connectivity index is 2.12. The van der Waals surface area contributed by atoms with Crippen LogP contribution in [0.2, 0.25) is 0 Å². The highest BCUT2D eigenvalue weighted by Crippen LogP contribution is 2.06. The SMILES string of the molecule is C=CC(=O)NCN1CCCCC1. The second-order valence-corrected chi connectivity index (χ2v) is 3.08. The molecular weight excluding hydrogens is 152 g/mol. The number of hydrogen-bond acceptors (Lipinski definition) is 2. The van der Waals surface area contributed by atoms with Gasteiger partial charge in [0.25, 0.3) is 0 Å². The van der Waals surface area contributed by atoms with Crippen molar-refractivity contribution in [3.63, 3.8) is 0 Å². The van der Waals surface area contributed by atoms with Crippen LogP contribution in [-0.2, 0) is 4.79 Å². The van der Waals surface area contributed by atoms with Crippen LogP contribution in [0, 0.1) is 0 Å². The van der Waals surface area contributed by atoms with E-state index in [9.17, 15) is 4.79 Å². The molecule has 0 atom stereocenters. The summed E-state index contributed by atoms with van der Waals surface area (Å²) >= 11 is 0. The summed E-state index contributed by atoms with van der Waals surface area (Å²) in [7, 11) is 0. The molecule has 1 fully saturated rings. The van der Waals surface area contributed by atoms with E-state index >= 15 is 0 Å². The van der Waals surface area contributed by atoms with Crippen LogP contribution >= 0.6 is 0 Å². The summed E-state index contributed by atoms with van der Waals surface area (Å²) < 4.78 is 0. The molecule has 1 rings (SSSR count). The normalized spacial score (nSPS) is 18.7. The average Bonchev–Trinajstić information content (AvgIpc) is 2.16. The van der Waals surface area contributed by atoms with Gasteiger partial charge in [-0.15, -0.1) is 0 Å². The molecule has 1 amide bonds. The summed E-state index contributed by atoms with van der Waals surface area (Å²) in [6.07, 6.45) is 5.14. The molecule has 0 aromatic carbocycles. The molecule has 0 spiro atoms. The quantitative estimate of drug-likeness (QED) is 0.630. The van der Waals surface area contributed by atoms with E-state index in [2.05, 4.69) is 16.8 Å². The van der Waals surface area contributed by atoms with Gasteiger partial charge in [-0.1, -0.05) is 13.0 Å². The summed E-state index contributed by atoms with van der Waals surface area (Å²) in [5.74, 6) is -0.0828. The van der Waals surface area contributed by atoms with E-state index in [1.54, 1.807) is 0 Å². The second kappa shape index (κ2) is 4.93. The molecule has 1 saturated heterocycles. The van der Waals surface area contributed by atoms with Crippen molar-refractivity contribution in [3.05, 3.63) is 12.7 Å². The van der Waals surface area contributed by atoms with E-state index in [0.29, 0.717) is 6.67 Å². The van der Waals surface area contributed by atoms with Crippen LogP contribution in [-0.4, -0.2) is 30.6 Å². The van der Waals surface area contributed by atoms with Crippen LogP contribution in [0.3, 0.4) is 0 Å². The second-order valence-electron chi connectivity index (χ2n) is 3.08. The molecule has 0 aliphatic carbocycles. The molecule has 3 heteroatoms. The highest BCUT2D eigenvalue weighted by Gasteiger charge is 2.09. The zero-order chi connectivity index (χ0) is 8.81. The Hall–Kier alpha value is -0.830. The van der Waals surface area contributed by atoms with Gasteiger partial charge in [-0.2, -0.15) is 0 Å². The van der Waals surface area contributed by atoms with Crippen LogP contribution in [0.4, 0.5) is 0 Å². The molecule has 0 saturated carbocycles. The Morgan fingerprint density at radius 3 is 2.67 bits per heavy atom. The fraction of sp³-hybridized carbons (Fsp3) is 0.667. The number of carbonyl (C=O) groups is 1. The van der Waals surface area contributed by atoms with Crippen LogP contribution in [0.15, 0.2) is 12.7 Å². The van der Waals surface area contributed by atoms with E-state index in [1.165, 1.54) is 25.3 Å². The average molecular weight is 168 g/mol. The lowest BCUT2D eigenvalue weighted by atomic mass is 10.1. The number of hydrogen-bond donors (Lipinski definition) is 1. The molecule has 0 bridgehead atoms. The smallest absolute Gasteiger partial charge is 0.244 e. The molecule has 1 aliphatic heterocycles. The Morgan fingerprint density at radius 2 is 2.08 bits per heavy atom. The van der Waals surface area contributed by atoms with Gasteiger partial charge in [-0.25, -0.2) is 0 Å². The lowest BCUT2D eigenvalue weighted by molar-refractivity contribution is -0.117. The van der Waals surface area contributed by atoms with Crippen molar-refractivity contribution in [1.29, 1.82) is 0 Å². The van der Waals surface area contributed by atoms with Crippen molar-refractivity contribution >= 4 is 5.91 Å². The monoisotopic (exact) mass is 168 g/mol. The largest absolute Gasteiger partial charge is 0.340 e. The Bertz CT molecular complexity index is 162. The topological polar surface area (TPSA) is 32.3 Å². The van der Waals surface area contributed by atoms with Gasteiger partial charge in [0, 0.05) is 0 Å². The van der Waals surface area contributed by atoms with Crippen molar-refractivity contribution in [2.75, 3.05) is 19.8 Å². The van der Waals surface area contributed by atoms with E-state index in [0.717, 1.165) is 13.1 Å². The van der Waals surface area contributed by atoms with Gasteiger partial charge >= 0.3 is 0 Å². The summed E-state index contributed by atoms with van der Waals surface area (Å²) in [6.45, 7) is 6.28. The molecule has 0 aromatic rings. The molecule has 3 nitrogen and oxygen atoms in total. The first kappa shape index (κ1) is 9.26. The van der Waals surface area contributed by atoms with Gasteiger partial charge in [0.1, 0.15) is 0 Å². The Kier molecular flexibility index (Phi) is 3.80. The molecule has 0 unspecified atom stereocenters. The summed E-state index contributed by atoms with van der Waals surface area (Å²) in [6, 6.07) is 0. The first-order valence-electron chi connectivity index (χ1n) is 4.45. The third-order valence-electron chi connectivity index (χ3n) is 2.11. The van der Waals surface area contributed by atoms with Gasteiger partial charge in [0.15, 0.2) is 0 Å². The minimum absolute atomic E-state index is 0.0828. The van der Waals surface area contributed by atoms with E-state index in [1.807, 2.05) is 0 Å². The number of piperidine rings is 1. The summed E-state index contributed by atoms with van der Waals surface area (Å²) in [5, 5.41) is 2.77. The predicted molar refractivity (Wildman–Crippen MR) is 48.6 cm³/mol. The number of nitrogens with one attached hydrogen (secondary N) is 1. The van der Waals surface area contributed by atoms with Crippen molar-refractivity contribution < 1.29 is 4.79 Å². The van der Waals surface area contributed by atoms with E-state index in [-0.39, 0.29) is 5.91 Å². The van der Waals surface area contributed by atoms with Gasteiger partial charge in [-0.3, -0.25) is 9.69 Å².